The summed E-state index contributed by atoms with van der Waals surface area (Å²) >= 11 is 0. The topological polar surface area (TPSA) is 72.2 Å². The number of nitriles is 1. The van der Waals surface area contributed by atoms with Crippen molar-refractivity contribution in [1.82, 2.24) is 10.3 Å². The van der Waals surface area contributed by atoms with E-state index in [1.807, 2.05) is 30.3 Å². The highest BCUT2D eigenvalue weighted by Gasteiger charge is 2.20. The van der Waals surface area contributed by atoms with E-state index in [9.17, 15) is 5.11 Å². The van der Waals surface area contributed by atoms with Gasteiger partial charge in [0.05, 0.1) is 11.7 Å². The number of aryl methyl sites for hydroxylation is 1. The molecule has 1 aliphatic heterocycles. The minimum atomic E-state index is -0.312. The molecule has 2 N–H and O–H groups in total. The van der Waals surface area contributed by atoms with Crippen LogP contribution in [0, 0.1) is 11.3 Å². The Morgan fingerprint density at radius 1 is 1.19 bits per heavy atom. The van der Waals surface area contributed by atoms with Crippen LogP contribution in [0.25, 0.3) is 0 Å². The molecule has 2 aromatic rings. The third kappa shape index (κ3) is 5.29. The maximum Gasteiger partial charge on any atom is 0.128 e. The Morgan fingerprint density at radius 3 is 2.62 bits per heavy atom. The number of aromatic nitrogens is 1. The van der Waals surface area contributed by atoms with Crippen LogP contribution in [0.4, 0.5) is 5.82 Å². The Kier molecular flexibility index (Phi) is 6.59. The molecular weight excluding hydrogens is 324 g/mol. The van der Waals surface area contributed by atoms with E-state index in [1.54, 1.807) is 6.20 Å². The van der Waals surface area contributed by atoms with E-state index in [-0.39, 0.29) is 6.10 Å². The largest absolute Gasteiger partial charge is 0.392 e. The second kappa shape index (κ2) is 9.33. The molecule has 3 rings (SSSR count). The fourth-order valence-corrected chi connectivity index (χ4v) is 3.33. The molecule has 26 heavy (non-hydrogen) atoms. The van der Waals surface area contributed by atoms with E-state index >= 15 is 0 Å². The molecule has 0 bridgehead atoms. The fraction of sp³-hybridized carbons (Fsp3) is 0.429. The Bertz CT molecular complexity index is 703. The first-order chi connectivity index (χ1) is 12.7. The van der Waals surface area contributed by atoms with Gasteiger partial charge in [-0.2, -0.15) is 5.26 Å². The second-order valence-electron chi connectivity index (χ2n) is 6.86. The summed E-state index contributed by atoms with van der Waals surface area (Å²) in [4.78, 5) is 6.62. The normalized spacial score (nSPS) is 16.2. The molecule has 1 saturated heterocycles. The molecule has 0 radical (unpaired) electrons. The summed E-state index contributed by atoms with van der Waals surface area (Å²) in [5, 5.41) is 22.6. The summed E-state index contributed by atoms with van der Waals surface area (Å²) < 4.78 is 0. The summed E-state index contributed by atoms with van der Waals surface area (Å²) in [6, 6.07) is 16.6. The Morgan fingerprint density at radius 2 is 1.96 bits per heavy atom. The van der Waals surface area contributed by atoms with Crippen molar-refractivity contribution in [3.05, 3.63) is 59.8 Å². The Balaban J connectivity index is 1.36. The van der Waals surface area contributed by atoms with Crippen molar-refractivity contribution in [1.29, 1.82) is 5.26 Å². The molecule has 0 saturated carbocycles. The Labute approximate surface area is 155 Å². The van der Waals surface area contributed by atoms with Gasteiger partial charge in [0.1, 0.15) is 11.9 Å². The number of hydrogen-bond acceptors (Lipinski definition) is 5. The highest BCUT2D eigenvalue weighted by Crippen LogP contribution is 2.18. The van der Waals surface area contributed by atoms with E-state index in [2.05, 4.69) is 33.4 Å². The number of pyridine rings is 1. The highest BCUT2D eigenvalue weighted by atomic mass is 16.3. The summed E-state index contributed by atoms with van der Waals surface area (Å²) in [6.07, 6.45) is 5.08. The highest BCUT2D eigenvalue weighted by molar-refractivity contribution is 5.42. The maximum absolute atomic E-state index is 10.2. The second-order valence-corrected chi connectivity index (χ2v) is 6.86. The van der Waals surface area contributed by atoms with Crippen LogP contribution in [0.3, 0.4) is 0 Å². The van der Waals surface area contributed by atoms with Gasteiger partial charge < -0.3 is 15.3 Å². The number of anilines is 1. The summed E-state index contributed by atoms with van der Waals surface area (Å²) in [5.41, 5.74) is 1.87. The predicted molar refractivity (Wildman–Crippen MR) is 103 cm³/mol. The lowest BCUT2D eigenvalue weighted by Gasteiger charge is -2.33. The van der Waals surface area contributed by atoms with Gasteiger partial charge in [-0.1, -0.05) is 30.3 Å². The first kappa shape index (κ1) is 18.4. The monoisotopic (exact) mass is 350 g/mol. The first-order valence-electron chi connectivity index (χ1n) is 9.31. The van der Waals surface area contributed by atoms with Crippen molar-refractivity contribution in [3.8, 4) is 6.07 Å². The zero-order valence-electron chi connectivity index (χ0n) is 15.0. The molecule has 5 nitrogen and oxygen atoms in total. The van der Waals surface area contributed by atoms with Gasteiger partial charge >= 0.3 is 0 Å². The van der Waals surface area contributed by atoms with Crippen molar-refractivity contribution in [2.75, 3.05) is 24.5 Å². The van der Waals surface area contributed by atoms with Gasteiger partial charge in [0.2, 0.25) is 0 Å². The van der Waals surface area contributed by atoms with Crippen molar-refractivity contribution in [2.24, 2.45) is 0 Å². The number of nitrogens with one attached hydrogen (secondary N) is 1. The van der Waals surface area contributed by atoms with E-state index in [0.29, 0.717) is 18.2 Å². The maximum atomic E-state index is 10.2. The molecule has 1 aromatic carbocycles. The fourth-order valence-electron chi connectivity index (χ4n) is 3.33. The van der Waals surface area contributed by atoms with Crippen LogP contribution < -0.4 is 10.2 Å². The van der Waals surface area contributed by atoms with Crippen molar-refractivity contribution >= 4 is 5.82 Å². The number of piperidine rings is 1. The predicted octanol–water partition coefficient (Wildman–Crippen LogP) is 2.51. The number of rotatable bonds is 7. The Hall–Kier alpha value is -2.42. The van der Waals surface area contributed by atoms with Gasteiger partial charge in [-0.3, -0.25) is 0 Å². The zero-order valence-corrected chi connectivity index (χ0v) is 15.0. The molecule has 0 aliphatic carbocycles. The van der Waals surface area contributed by atoms with Gasteiger partial charge in [0.15, 0.2) is 0 Å². The molecule has 5 heteroatoms. The number of aliphatic hydroxyl groups is 1. The standard InChI is InChI=1S/C21H26N4O/c22-14-18-7-9-21(24-15-18)25-12-10-19(11-13-25)23-16-20(26)8-6-17-4-2-1-3-5-17/h1-5,7,9,15,19-20,23,26H,6,8,10-13,16H2. The van der Waals surface area contributed by atoms with E-state index < -0.39 is 0 Å². The molecule has 0 spiro atoms. The number of hydrogen-bond donors (Lipinski definition) is 2. The van der Waals surface area contributed by atoms with Crippen molar-refractivity contribution in [3.63, 3.8) is 0 Å². The molecule has 136 valence electrons. The quantitative estimate of drug-likeness (QED) is 0.803. The van der Waals surface area contributed by atoms with Crippen molar-refractivity contribution in [2.45, 2.75) is 37.8 Å². The molecule has 0 amide bonds. The summed E-state index contributed by atoms with van der Waals surface area (Å²) in [5.74, 6) is 0.936. The average Bonchev–Trinajstić information content (AvgIpc) is 2.72. The average molecular weight is 350 g/mol. The molecule has 1 aliphatic rings. The van der Waals surface area contributed by atoms with Crippen LogP contribution in [0.15, 0.2) is 48.7 Å². The van der Waals surface area contributed by atoms with E-state index in [4.69, 9.17) is 5.26 Å². The van der Waals surface area contributed by atoms with Crippen LogP contribution in [-0.4, -0.2) is 41.9 Å². The number of aliphatic hydroxyl groups excluding tert-OH is 1. The van der Waals surface area contributed by atoms with Crippen LogP contribution in [0.2, 0.25) is 0 Å². The van der Waals surface area contributed by atoms with Crippen LogP contribution >= 0.6 is 0 Å². The lowest BCUT2D eigenvalue weighted by Crippen LogP contribution is -2.45. The minimum absolute atomic E-state index is 0.312. The number of nitrogens with zero attached hydrogens (tertiary/aromatic N) is 3. The van der Waals surface area contributed by atoms with Gasteiger partial charge in [-0.05, 0) is 43.4 Å². The van der Waals surface area contributed by atoms with Gasteiger partial charge in [0, 0.05) is 31.9 Å². The van der Waals surface area contributed by atoms with Gasteiger partial charge in [-0.15, -0.1) is 0 Å². The minimum Gasteiger partial charge on any atom is -0.392 e. The third-order valence-corrected chi connectivity index (χ3v) is 4.95. The molecule has 2 heterocycles. The summed E-state index contributed by atoms with van der Waals surface area (Å²) in [6.45, 7) is 2.53. The van der Waals surface area contributed by atoms with Crippen LogP contribution in [0.5, 0.6) is 0 Å². The lowest BCUT2D eigenvalue weighted by atomic mass is 10.0. The molecule has 1 atom stereocenters. The van der Waals surface area contributed by atoms with E-state index in [0.717, 1.165) is 44.6 Å². The van der Waals surface area contributed by atoms with Crippen LogP contribution in [0.1, 0.15) is 30.4 Å². The van der Waals surface area contributed by atoms with Gasteiger partial charge in [-0.25, -0.2) is 4.98 Å². The lowest BCUT2D eigenvalue weighted by molar-refractivity contribution is 0.155. The zero-order chi connectivity index (χ0) is 18.2. The third-order valence-electron chi connectivity index (χ3n) is 4.95. The molecular formula is C21H26N4O. The molecule has 1 unspecified atom stereocenters. The molecule has 1 aromatic heterocycles. The van der Waals surface area contributed by atoms with Gasteiger partial charge in [0.25, 0.3) is 0 Å². The summed E-state index contributed by atoms with van der Waals surface area (Å²) in [7, 11) is 0. The first-order valence-corrected chi connectivity index (χ1v) is 9.31. The molecule has 1 fully saturated rings. The smallest absolute Gasteiger partial charge is 0.128 e. The number of benzene rings is 1. The SMILES string of the molecule is N#Cc1ccc(N2CCC(NCC(O)CCc3ccccc3)CC2)nc1. The van der Waals surface area contributed by atoms with E-state index in [1.165, 1.54) is 5.56 Å². The van der Waals surface area contributed by atoms with Crippen LogP contribution in [-0.2, 0) is 6.42 Å². The van der Waals surface area contributed by atoms with Crippen molar-refractivity contribution < 1.29 is 5.11 Å².